The molecule has 0 saturated heterocycles. The monoisotopic (exact) mass is 339 g/mol. The van der Waals surface area contributed by atoms with Gasteiger partial charge in [-0.05, 0) is 54.1 Å². The standard InChI is InChI=1S/C18H16N2O5/c1-24-13-6-4-12(5-7-13)14-11-15(16-3-2-10-25-16)20(19-14)17(21)8-9-18(22)23/h2-11,15,19H,1H3,(H,22,23)/p-1/t15-/m1/s1. The number of benzene rings is 1. The summed E-state index contributed by atoms with van der Waals surface area (Å²) in [4.78, 5) is 22.9. The first-order valence-electron chi connectivity index (χ1n) is 7.47. The van der Waals surface area contributed by atoms with Gasteiger partial charge >= 0.3 is 0 Å². The molecule has 0 aliphatic carbocycles. The van der Waals surface area contributed by atoms with Crippen molar-refractivity contribution in [1.29, 1.82) is 0 Å². The largest absolute Gasteiger partial charge is 0.545 e. The molecular weight excluding hydrogens is 324 g/mol. The van der Waals surface area contributed by atoms with E-state index in [4.69, 9.17) is 9.15 Å². The van der Waals surface area contributed by atoms with Crippen LogP contribution in [0.25, 0.3) is 5.70 Å². The molecule has 1 aliphatic rings. The lowest BCUT2D eigenvalue weighted by Gasteiger charge is -2.22. The molecule has 1 amide bonds. The molecule has 7 nitrogen and oxygen atoms in total. The summed E-state index contributed by atoms with van der Waals surface area (Å²) in [6.07, 6.45) is 4.96. The minimum absolute atomic E-state index is 0.508. The highest BCUT2D eigenvalue weighted by Crippen LogP contribution is 2.32. The van der Waals surface area contributed by atoms with E-state index in [0.29, 0.717) is 17.5 Å². The Morgan fingerprint density at radius 2 is 2.00 bits per heavy atom. The second-order valence-electron chi connectivity index (χ2n) is 5.24. The van der Waals surface area contributed by atoms with Gasteiger partial charge in [-0.2, -0.15) is 0 Å². The predicted octanol–water partition coefficient (Wildman–Crippen LogP) is 1.02. The zero-order valence-electron chi connectivity index (χ0n) is 13.3. The molecule has 0 unspecified atom stereocenters. The molecule has 0 radical (unpaired) electrons. The average Bonchev–Trinajstić information content (AvgIpc) is 3.29. The number of hydrogen-bond acceptors (Lipinski definition) is 6. The quantitative estimate of drug-likeness (QED) is 0.818. The molecule has 3 rings (SSSR count). The fourth-order valence-corrected chi connectivity index (χ4v) is 2.48. The molecule has 2 aromatic rings. The van der Waals surface area contributed by atoms with E-state index < -0.39 is 17.9 Å². The summed E-state index contributed by atoms with van der Waals surface area (Å²) in [5.41, 5.74) is 4.52. The van der Waals surface area contributed by atoms with Crippen molar-refractivity contribution in [3.05, 3.63) is 72.2 Å². The summed E-state index contributed by atoms with van der Waals surface area (Å²) in [6.45, 7) is 0. The Labute approximate surface area is 143 Å². The Bertz CT molecular complexity index is 822. The molecule has 0 spiro atoms. The summed E-state index contributed by atoms with van der Waals surface area (Å²) < 4.78 is 10.5. The smallest absolute Gasteiger partial charge is 0.265 e. The zero-order valence-corrected chi connectivity index (χ0v) is 13.3. The van der Waals surface area contributed by atoms with Crippen molar-refractivity contribution >= 4 is 17.6 Å². The number of nitrogens with one attached hydrogen (secondary N) is 1. The van der Waals surface area contributed by atoms with Crippen LogP contribution in [0.3, 0.4) is 0 Å². The molecule has 7 heteroatoms. The highest BCUT2D eigenvalue weighted by atomic mass is 16.5. The van der Waals surface area contributed by atoms with Crippen molar-refractivity contribution in [2.75, 3.05) is 7.11 Å². The van der Waals surface area contributed by atoms with E-state index in [-0.39, 0.29) is 0 Å². The second-order valence-corrected chi connectivity index (χ2v) is 5.24. The van der Waals surface area contributed by atoms with Crippen LogP contribution in [0.5, 0.6) is 5.75 Å². The summed E-state index contributed by atoms with van der Waals surface area (Å²) in [7, 11) is 1.58. The van der Waals surface area contributed by atoms with Gasteiger partial charge in [-0.1, -0.05) is 0 Å². The summed E-state index contributed by atoms with van der Waals surface area (Å²) in [5, 5.41) is 11.8. The minimum Gasteiger partial charge on any atom is -0.545 e. The topological polar surface area (TPSA) is 94.8 Å². The van der Waals surface area contributed by atoms with Crippen LogP contribution in [-0.2, 0) is 9.59 Å². The third kappa shape index (κ3) is 3.55. The molecule has 128 valence electrons. The lowest BCUT2D eigenvalue weighted by molar-refractivity contribution is -0.297. The van der Waals surface area contributed by atoms with E-state index in [9.17, 15) is 14.7 Å². The maximum absolute atomic E-state index is 12.3. The van der Waals surface area contributed by atoms with Crippen LogP contribution in [0.15, 0.2) is 65.3 Å². The van der Waals surface area contributed by atoms with Gasteiger partial charge in [0.15, 0.2) is 0 Å². The maximum Gasteiger partial charge on any atom is 0.265 e. The number of hydrogen-bond donors (Lipinski definition) is 1. The molecule has 2 heterocycles. The molecule has 0 saturated carbocycles. The van der Waals surface area contributed by atoms with Gasteiger partial charge in [-0.25, -0.2) is 5.01 Å². The summed E-state index contributed by atoms with van der Waals surface area (Å²) in [5.74, 6) is -0.711. The normalized spacial score (nSPS) is 16.6. The van der Waals surface area contributed by atoms with E-state index >= 15 is 0 Å². The van der Waals surface area contributed by atoms with Crippen LogP contribution >= 0.6 is 0 Å². The van der Waals surface area contributed by atoms with Crippen molar-refractivity contribution < 1.29 is 23.8 Å². The van der Waals surface area contributed by atoms with Gasteiger partial charge < -0.3 is 19.1 Å². The van der Waals surface area contributed by atoms with Gasteiger partial charge in [0.25, 0.3) is 5.91 Å². The number of carbonyl (C=O) groups excluding carboxylic acids is 2. The van der Waals surface area contributed by atoms with Crippen molar-refractivity contribution in [2.24, 2.45) is 0 Å². The maximum atomic E-state index is 12.3. The van der Waals surface area contributed by atoms with Crippen LogP contribution in [0.4, 0.5) is 0 Å². The van der Waals surface area contributed by atoms with E-state index in [1.165, 1.54) is 11.3 Å². The number of nitrogens with zero attached hydrogens (tertiary/aromatic N) is 1. The number of carboxylic acids is 1. The zero-order chi connectivity index (χ0) is 17.8. The lowest BCUT2D eigenvalue weighted by Crippen LogP contribution is -2.38. The first-order chi connectivity index (χ1) is 12.1. The Hall–Kier alpha value is -3.48. The number of carbonyl (C=O) groups is 2. The number of furan rings is 1. The first kappa shape index (κ1) is 16.4. The SMILES string of the molecule is COc1ccc(C2=C[C@H](c3ccco3)N(C(=O)C=CC(=O)[O-])N2)cc1. The molecule has 1 atom stereocenters. The molecule has 1 aromatic carbocycles. The third-order valence-electron chi connectivity index (χ3n) is 3.68. The predicted molar refractivity (Wildman–Crippen MR) is 86.5 cm³/mol. The van der Waals surface area contributed by atoms with Crippen molar-refractivity contribution in [3.63, 3.8) is 0 Å². The van der Waals surface area contributed by atoms with Crippen LogP contribution in [0.1, 0.15) is 17.4 Å². The molecule has 0 bridgehead atoms. The molecule has 1 aliphatic heterocycles. The number of aliphatic carboxylic acids is 1. The van der Waals surface area contributed by atoms with Crippen molar-refractivity contribution in [1.82, 2.24) is 10.4 Å². The Morgan fingerprint density at radius 3 is 2.60 bits per heavy atom. The molecule has 1 aromatic heterocycles. The summed E-state index contributed by atoms with van der Waals surface area (Å²) >= 11 is 0. The Kier molecular flexibility index (Phi) is 4.56. The van der Waals surface area contributed by atoms with E-state index in [1.54, 1.807) is 31.4 Å². The highest BCUT2D eigenvalue weighted by Gasteiger charge is 2.31. The molecule has 0 fully saturated rings. The second kappa shape index (κ2) is 6.96. The number of carboxylic acid groups (broad SMARTS) is 1. The van der Waals surface area contributed by atoms with Gasteiger partial charge in [-0.15, -0.1) is 0 Å². The lowest BCUT2D eigenvalue weighted by atomic mass is 10.1. The van der Waals surface area contributed by atoms with Crippen LogP contribution < -0.4 is 15.3 Å². The average molecular weight is 339 g/mol. The summed E-state index contributed by atoms with van der Waals surface area (Å²) in [6, 6.07) is 10.3. The number of amides is 1. The van der Waals surface area contributed by atoms with E-state index in [1.807, 2.05) is 18.2 Å². The first-order valence-corrected chi connectivity index (χ1v) is 7.47. The minimum atomic E-state index is -1.44. The Balaban J connectivity index is 1.89. The fourth-order valence-electron chi connectivity index (χ4n) is 2.48. The van der Waals surface area contributed by atoms with Gasteiger partial charge in [0.2, 0.25) is 0 Å². The number of methoxy groups -OCH3 is 1. The molecular formula is C18H15N2O5-. The number of rotatable bonds is 5. The van der Waals surface area contributed by atoms with E-state index in [2.05, 4.69) is 5.43 Å². The van der Waals surface area contributed by atoms with Gasteiger partial charge in [-0.3, -0.25) is 10.2 Å². The van der Waals surface area contributed by atoms with Crippen LogP contribution in [-0.4, -0.2) is 24.0 Å². The van der Waals surface area contributed by atoms with Crippen molar-refractivity contribution in [2.45, 2.75) is 6.04 Å². The highest BCUT2D eigenvalue weighted by molar-refractivity contribution is 5.94. The molecule has 1 N–H and O–H groups in total. The Morgan fingerprint density at radius 1 is 1.24 bits per heavy atom. The number of ether oxygens (including phenoxy) is 1. The van der Waals surface area contributed by atoms with Gasteiger partial charge in [0, 0.05) is 6.08 Å². The molecule has 25 heavy (non-hydrogen) atoms. The van der Waals surface area contributed by atoms with Crippen LogP contribution in [0, 0.1) is 0 Å². The van der Waals surface area contributed by atoms with E-state index in [0.717, 1.165) is 17.4 Å². The third-order valence-corrected chi connectivity index (χ3v) is 3.68. The fraction of sp³-hybridized carbons (Fsp3) is 0.111. The van der Waals surface area contributed by atoms with Crippen molar-refractivity contribution in [3.8, 4) is 5.75 Å². The van der Waals surface area contributed by atoms with Gasteiger partial charge in [0.05, 0.1) is 25.0 Å². The van der Waals surface area contributed by atoms with Gasteiger partial charge in [0.1, 0.15) is 17.6 Å². The van der Waals surface area contributed by atoms with Crippen LogP contribution in [0.2, 0.25) is 0 Å². The number of hydrazine groups is 1.